The Bertz CT molecular complexity index is 1200. The molecule has 3 rings (SSSR count). The summed E-state index contributed by atoms with van der Waals surface area (Å²) in [5.41, 5.74) is 5.91. The molecule has 2 fully saturated rings. The quantitative estimate of drug-likeness (QED) is 0.155. The molecule has 47 heavy (non-hydrogen) atoms. The molecule has 3 heterocycles. The van der Waals surface area contributed by atoms with Crippen LogP contribution in [0.1, 0.15) is 46.0 Å². The number of allylic oxidation sites excluding steroid dienone is 6. The Morgan fingerprint density at radius 1 is 0.872 bits per heavy atom. The van der Waals surface area contributed by atoms with E-state index in [4.69, 9.17) is 24.7 Å². The predicted octanol–water partition coefficient (Wildman–Crippen LogP) is -0.0377. The van der Waals surface area contributed by atoms with Gasteiger partial charge in [0.25, 0.3) is 0 Å². The average Bonchev–Trinajstić information content (AvgIpc) is 3.72. The monoisotopic (exact) mass is 665 g/mol. The lowest BCUT2D eigenvalue weighted by Gasteiger charge is -2.41. The largest absolute Gasteiger partial charge is 0.481 e. The second kappa shape index (κ2) is 18.5. The maximum Gasteiger partial charge on any atom is 0.330 e. The highest BCUT2D eigenvalue weighted by Crippen LogP contribution is 2.29. The molecule has 262 valence electrons. The highest BCUT2D eigenvalue weighted by molar-refractivity contribution is 5.82. The summed E-state index contributed by atoms with van der Waals surface area (Å²) < 4.78 is 22.2. The van der Waals surface area contributed by atoms with Crippen molar-refractivity contribution in [1.29, 1.82) is 0 Å². The molecule has 3 aliphatic rings. The fourth-order valence-corrected chi connectivity index (χ4v) is 5.33. The highest BCUT2D eigenvalue weighted by Gasteiger charge is 2.43. The zero-order chi connectivity index (χ0) is 34.7. The number of hydrogen-bond donors (Lipinski definition) is 7. The number of aliphatic carboxylic acids is 1. The number of aliphatic hydroxyl groups excluding tert-OH is 5. The van der Waals surface area contributed by atoms with Crippen molar-refractivity contribution in [2.45, 2.75) is 119 Å². The van der Waals surface area contributed by atoms with Crippen molar-refractivity contribution in [3.8, 4) is 0 Å². The molecular formula is C33H47NO13. The van der Waals surface area contributed by atoms with Gasteiger partial charge in [-0.1, -0.05) is 48.6 Å². The molecule has 0 saturated carbocycles. The van der Waals surface area contributed by atoms with Gasteiger partial charge >= 0.3 is 11.9 Å². The maximum atomic E-state index is 12.6. The number of ketones is 1. The van der Waals surface area contributed by atoms with E-state index in [-0.39, 0.29) is 25.4 Å². The SMILES string of the molecule is C[C@@H]1C/C=C/C=C/C=C/C=C/[C@H](O[C@@H]2O[C@H](C)[C@H](O)[C@H](N)[C@@H]2O)C[C@H](O)[C@H](C(=O)O)[C@H](O)CC(=O)C[C@H](O)C[C@@H]2O[C@H]2/C=C/C(=O)O1. The average molecular weight is 666 g/mol. The van der Waals surface area contributed by atoms with E-state index in [0.29, 0.717) is 6.42 Å². The summed E-state index contributed by atoms with van der Waals surface area (Å²) >= 11 is 0. The molecule has 0 aromatic heterocycles. The first-order chi connectivity index (χ1) is 22.3. The lowest BCUT2D eigenvalue weighted by atomic mass is 9.88. The van der Waals surface area contributed by atoms with E-state index in [2.05, 4.69) is 0 Å². The first-order valence-electron chi connectivity index (χ1n) is 15.7. The molecule has 14 nitrogen and oxygen atoms in total. The first kappa shape index (κ1) is 38.4. The normalized spacial score (nSPS) is 43.4. The molecule has 14 heteroatoms. The van der Waals surface area contributed by atoms with Crippen molar-refractivity contribution in [2.24, 2.45) is 11.7 Å². The molecule has 0 bridgehead atoms. The topological polar surface area (TPSA) is 239 Å². The van der Waals surface area contributed by atoms with Gasteiger partial charge < -0.3 is 55.3 Å². The minimum Gasteiger partial charge on any atom is -0.481 e. The zero-order valence-electron chi connectivity index (χ0n) is 26.4. The van der Waals surface area contributed by atoms with E-state index in [1.54, 1.807) is 43.4 Å². The number of carboxylic acid groups (broad SMARTS) is 1. The van der Waals surface area contributed by atoms with Gasteiger partial charge in [-0.3, -0.25) is 9.59 Å². The predicted molar refractivity (Wildman–Crippen MR) is 166 cm³/mol. The van der Waals surface area contributed by atoms with Crippen LogP contribution in [0.5, 0.6) is 0 Å². The lowest BCUT2D eigenvalue weighted by molar-refractivity contribution is -0.277. The molecule has 0 unspecified atom stereocenters. The summed E-state index contributed by atoms with van der Waals surface area (Å²) in [5, 5.41) is 62.6. The van der Waals surface area contributed by atoms with Gasteiger partial charge in [-0.2, -0.15) is 0 Å². The van der Waals surface area contributed by atoms with Gasteiger partial charge in [0.1, 0.15) is 30.0 Å². The first-order valence-corrected chi connectivity index (χ1v) is 15.7. The van der Waals surface area contributed by atoms with Crippen molar-refractivity contribution < 1.29 is 64.0 Å². The maximum absolute atomic E-state index is 12.6. The van der Waals surface area contributed by atoms with Gasteiger partial charge in [0, 0.05) is 38.2 Å². The summed E-state index contributed by atoms with van der Waals surface area (Å²) in [6.45, 7) is 3.29. The summed E-state index contributed by atoms with van der Waals surface area (Å²) in [7, 11) is 0. The van der Waals surface area contributed by atoms with E-state index in [1.165, 1.54) is 25.2 Å². The van der Waals surface area contributed by atoms with Gasteiger partial charge in [0.15, 0.2) is 6.29 Å². The number of nitrogens with two attached hydrogens (primary N) is 1. The molecule has 0 aromatic carbocycles. The Kier molecular flexibility index (Phi) is 15.1. The van der Waals surface area contributed by atoms with Crippen LogP contribution in [0, 0.1) is 5.92 Å². The van der Waals surface area contributed by atoms with Gasteiger partial charge in [-0.15, -0.1) is 0 Å². The number of epoxide rings is 1. The van der Waals surface area contributed by atoms with Crippen LogP contribution in [-0.4, -0.2) is 122 Å². The van der Waals surface area contributed by atoms with E-state index in [9.17, 15) is 45.0 Å². The van der Waals surface area contributed by atoms with Crippen LogP contribution in [0.25, 0.3) is 0 Å². The summed E-state index contributed by atoms with van der Waals surface area (Å²) in [6, 6.07) is -1.10. The van der Waals surface area contributed by atoms with Crippen LogP contribution in [0.3, 0.4) is 0 Å². The molecule has 0 aliphatic carbocycles. The number of carboxylic acids is 1. The number of Topliss-reactive ketones (excluding diaryl/α,β-unsaturated/α-hetero) is 1. The number of ether oxygens (including phenoxy) is 4. The number of aliphatic hydroxyl groups is 5. The van der Waals surface area contributed by atoms with Gasteiger partial charge in [-0.05, 0) is 19.9 Å². The van der Waals surface area contributed by atoms with E-state index in [0.717, 1.165) is 0 Å². The number of cyclic esters (lactones) is 1. The van der Waals surface area contributed by atoms with Crippen molar-refractivity contribution in [3.05, 3.63) is 60.8 Å². The second-order valence-electron chi connectivity index (χ2n) is 12.1. The molecular weight excluding hydrogens is 618 g/mol. The number of carbonyl (C=O) groups is 3. The lowest BCUT2D eigenvalue weighted by Crippen LogP contribution is -2.61. The molecule has 3 aliphatic heterocycles. The molecule has 0 radical (unpaired) electrons. The fraction of sp³-hybridized carbons (Fsp3) is 0.606. The van der Waals surface area contributed by atoms with E-state index in [1.807, 2.05) is 6.08 Å². The van der Waals surface area contributed by atoms with Gasteiger partial charge in [-0.25, -0.2) is 4.79 Å². The number of carbonyl (C=O) groups excluding carboxylic acids is 2. The third-order valence-electron chi connectivity index (χ3n) is 8.05. The third-order valence-corrected chi connectivity index (χ3v) is 8.05. The van der Waals surface area contributed by atoms with Crippen molar-refractivity contribution in [3.63, 3.8) is 0 Å². The Morgan fingerprint density at radius 2 is 1.55 bits per heavy atom. The molecule has 0 aromatic rings. The Balaban J connectivity index is 1.79. The standard InChI is InChI=1S/C33H47NO13/c1-18-10-8-6-4-3-5-7-9-11-22(46-33-31(41)29(34)30(40)19(2)45-33)17-24(38)28(32(42)43)23(37)15-20(35)14-21(36)16-26-25(47-26)12-13-27(39)44-18/h3-9,11-13,18-19,21-26,28-31,33,36-38,40-41H,10,14-17,34H2,1-2H3,(H,42,43)/b4-3+,7-5+,8-6+,11-9+,13-12+/t18-,19-,21+,22+,23-,24+,25+,26+,28-,29+,30+,31+,33+/m1/s1. The Hall–Kier alpha value is -3.05. The molecule has 2 saturated heterocycles. The van der Waals surface area contributed by atoms with Crippen LogP contribution in [0.15, 0.2) is 60.8 Å². The molecule has 8 N–H and O–H groups in total. The smallest absolute Gasteiger partial charge is 0.330 e. The summed E-state index contributed by atoms with van der Waals surface area (Å²) in [5.74, 6) is -4.54. The van der Waals surface area contributed by atoms with Crippen LogP contribution in [0.2, 0.25) is 0 Å². The number of esters is 1. The van der Waals surface area contributed by atoms with Gasteiger partial charge in [0.2, 0.25) is 0 Å². The number of hydrogen-bond acceptors (Lipinski definition) is 13. The third kappa shape index (κ3) is 12.5. The van der Waals surface area contributed by atoms with Crippen LogP contribution in [0.4, 0.5) is 0 Å². The van der Waals surface area contributed by atoms with Crippen molar-refractivity contribution in [2.75, 3.05) is 0 Å². The van der Waals surface area contributed by atoms with Gasteiger partial charge in [0.05, 0.1) is 48.8 Å². The Morgan fingerprint density at radius 3 is 2.26 bits per heavy atom. The molecule has 0 amide bonds. The van der Waals surface area contributed by atoms with E-state index >= 15 is 0 Å². The minimum absolute atomic E-state index is 0.0692. The highest BCUT2D eigenvalue weighted by atomic mass is 16.7. The summed E-state index contributed by atoms with van der Waals surface area (Å²) in [6.07, 6.45) is 3.57. The minimum atomic E-state index is -1.80. The van der Waals surface area contributed by atoms with Crippen LogP contribution in [-0.2, 0) is 33.3 Å². The number of fused-ring (bicyclic) bond motifs is 1. The van der Waals surface area contributed by atoms with Crippen molar-refractivity contribution >= 4 is 17.7 Å². The number of rotatable bonds is 3. The second-order valence-corrected chi connectivity index (χ2v) is 12.1. The Labute approximate surface area is 273 Å². The van der Waals surface area contributed by atoms with E-state index < -0.39 is 97.3 Å². The zero-order valence-corrected chi connectivity index (χ0v) is 26.4. The molecule has 13 atom stereocenters. The molecule has 0 spiro atoms. The van der Waals surface area contributed by atoms with Crippen molar-refractivity contribution in [1.82, 2.24) is 0 Å². The fourth-order valence-electron chi connectivity index (χ4n) is 5.33. The van der Waals surface area contributed by atoms with Crippen LogP contribution < -0.4 is 5.73 Å². The van der Waals surface area contributed by atoms with Crippen LogP contribution >= 0.6 is 0 Å². The summed E-state index contributed by atoms with van der Waals surface area (Å²) in [4.78, 5) is 36.9.